The molecular weight excluding hydrogens is 242 g/mol. The minimum atomic E-state index is -0.471. The number of piperazine rings is 1. The van der Waals surface area contributed by atoms with Crippen LogP contribution in [0.2, 0.25) is 0 Å². The quantitative estimate of drug-likeness (QED) is 0.801. The smallest absolute Gasteiger partial charge is 0.251 e. The highest BCUT2D eigenvalue weighted by atomic mass is 16.1. The van der Waals surface area contributed by atoms with E-state index in [1.807, 2.05) is 0 Å². The first-order chi connectivity index (χ1) is 8.81. The molecule has 1 aliphatic rings. The number of hydrogen-bond acceptors (Lipinski definition) is 5. The van der Waals surface area contributed by atoms with Gasteiger partial charge in [-0.1, -0.05) is 0 Å². The molecule has 2 rings (SSSR count). The number of anilines is 2. The average molecular weight is 263 g/mol. The summed E-state index contributed by atoms with van der Waals surface area (Å²) in [6.45, 7) is 6.93. The molecule has 0 saturated carbocycles. The molecule has 0 atom stereocenters. The standard InChI is InChI=1S/C13H21N5O/c1-13(2)8-18(5-4-17(13)3)10-7-16-11(14)6-9(10)12(15)19/h6-7H,4-5,8H2,1-3H3,(H2,14,16)(H2,15,19). The first-order valence-corrected chi connectivity index (χ1v) is 6.33. The number of carbonyl (C=O) groups excluding carboxylic acids is 1. The van der Waals surface area contributed by atoms with E-state index in [4.69, 9.17) is 11.5 Å². The summed E-state index contributed by atoms with van der Waals surface area (Å²) >= 11 is 0. The summed E-state index contributed by atoms with van der Waals surface area (Å²) in [6.07, 6.45) is 1.64. The van der Waals surface area contributed by atoms with Crippen LogP contribution in [0.1, 0.15) is 24.2 Å². The molecule has 1 aliphatic heterocycles. The lowest BCUT2D eigenvalue weighted by Crippen LogP contribution is -2.58. The number of hydrogen-bond donors (Lipinski definition) is 2. The number of carbonyl (C=O) groups is 1. The van der Waals surface area contributed by atoms with Crippen LogP contribution >= 0.6 is 0 Å². The summed E-state index contributed by atoms with van der Waals surface area (Å²) in [5, 5.41) is 0. The fraction of sp³-hybridized carbons (Fsp3) is 0.538. The zero-order valence-corrected chi connectivity index (χ0v) is 11.7. The van der Waals surface area contributed by atoms with Gasteiger partial charge in [-0.25, -0.2) is 4.98 Å². The van der Waals surface area contributed by atoms with Gasteiger partial charge in [-0.3, -0.25) is 9.69 Å². The van der Waals surface area contributed by atoms with Gasteiger partial charge >= 0.3 is 0 Å². The van der Waals surface area contributed by atoms with Crippen LogP contribution in [0.3, 0.4) is 0 Å². The first kappa shape index (κ1) is 13.6. The number of pyridine rings is 1. The normalized spacial score (nSPS) is 19.4. The topological polar surface area (TPSA) is 88.5 Å². The molecule has 1 amide bonds. The summed E-state index contributed by atoms with van der Waals surface area (Å²) in [5.74, 6) is -0.160. The van der Waals surface area contributed by atoms with E-state index in [0.29, 0.717) is 11.4 Å². The third-order valence-corrected chi connectivity index (χ3v) is 3.83. The highest BCUT2D eigenvalue weighted by Crippen LogP contribution is 2.27. The van der Waals surface area contributed by atoms with E-state index >= 15 is 0 Å². The van der Waals surface area contributed by atoms with Gasteiger partial charge in [-0.2, -0.15) is 0 Å². The van der Waals surface area contributed by atoms with Gasteiger partial charge in [-0.05, 0) is 27.0 Å². The number of rotatable bonds is 2. The highest BCUT2D eigenvalue weighted by Gasteiger charge is 2.32. The van der Waals surface area contributed by atoms with Gasteiger partial charge in [0.15, 0.2) is 0 Å². The summed E-state index contributed by atoms with van der Waals surface area (Å²) in [4.78, 5) is 20.1. The average Bonchev–Trinajstić information content (AvgIpc) is 2.32. The Balaban J connectivity index is 2.35. The molecular formula is C13H21N5O. The minimum absolute atomic E-state index is 0.0363. The van der Waals surface area contributed by atoms with E-state index in [9.17, 15) is 4.79 Å². The lowest BCUT2D eigenvalue weighted by atomic mass is 9.98. The molecule has 1 saturated heterocycles. The number of amides is 1. The van der Waals surface area contributed by atoms with E-state index in [0.717, 1.165) is 25.3 Å². The Bertz CT molecular complexity index is 500. The van der Waals surface area contributed by atoms with Crippen molar-refractivity contribution in [3.05, 3.63) is 17.8 Å². The Kier molecular flexibility index (Phi) is 3.36. The fourth-order valence-electron chi connectivity index (χ4n) is 2.36. The lowest BCUT2D eigenvalue weighted by Gasteiger charge is -2.46. The maximum Gasteiger partial charge on any atom is 0.251 e. The zero-order chi connectivity index (χ0) is 14.2. The minimum Gasteiger partial charge on any atom is -0.384 e. The van der Waals surface area contributed by atoms with E-state index in [1.54, 1.807) is 12.3 Å². The zero-order valence-electron chi connectivity index (χ0n) is 11.7. The van der Waals surface area contributed by atoms with Gasteiger partial charge in [0.2, 0.25) is 0 Å². The molecule has 0 unspecified atom stereocenters. The molecule has 2 heterocycles. The van der Waals surface area contributed by atoms with Crippen molar-refractivity contribution in [3.63, 3.8) is 0 Å². The van der Waals surface area contributed by atoms with E-state index in [1.165, 1.54) is 0 Å². The fourth-order valence-corrected chi connectivity index (χ4v) is 2.36. The van der Waals surface area contributed by atoms with Crippen molar-refractivity contribution in [2.75, 3.05) is 37.3 Å². The maximum absolute atomic E-state index is 11.5. The predicted molar refractivity (Wildman–Crippen MR) is 76.1 cm³/mol. The Hall–Kier alpha value is -1.82. The summed E-state index contributed by atoms with van der Waals surface area (Å²) < 4.78 is 0. The first-order valence-electron chi connectivity index (χ1n) is 6.33. The van der Waals surface area contributed by atoms with Crippen molar-refractivity contribution in [2.24, 2.45) is 5.73 Å². The van der Waals surface area contributed by atoms with Crippen LogP contribution in [0.15, 0.2) is 12.3 Å². The molecule has 1 fully saturated rings. The molecule has 1 aromatic heterocycles. The van der Waals surface area contributed by atoms with E-state index in [-0.39, 0.29) is 5.54 Å². The van der Waals surface area contributed by atoms with Crippen molar-refractivity contribution in [3.8, 4) is 0 Å². The van der Waals surface area contributed by atoms with Gasteiger partial charge < -0.3 is 16.4 Å². The van der Waals surface area contributed by atoms with Crippen LogP contribution in [-0.2, 0) is 0 Å². The van der Waals surface area contributed by atoms with Crippen molar-refractivity contribution < 1.29 is 4.79 Å². The van der Waals surface area contributed by atoms with Crippen LogP contribution in [0.4, 0.5) is 11.5 Å². The Labute approximate surface area is 113 Å². The number of nitrogens with zero attached hydrogens (tertiary/aromatic N) is 3. The monoisotopic (exact) mass is 263 g/mol. The van der Waals surface area contributed by atoms with E-state index < -0.39 is 5.91 Å². The van der Waals surface area contributed by atoms with Crippen molar-refractivity contribution in [1.29, 1.82) is 0 Å². The van der Waals surface area contributed by atoms with Crippen molar-refractivity contribution >= 4 is 17.4 Å². The summed E-state index contributed by atoms with van der Waals surface area (Å²) in [6, 6.07) is 1.54. The van der Waals surface area contributed by atoms with Gasteiger partial charge in [0.1, 0.15) is 5.82 Å². The van der Waals surface area contributed by atoms with Crippen LogP contribution in [0.25, 0.3) is 0 Å². The molecule has 0 aromatic carbocycles. The van der Waals surface area contributed by atoms with E-state index in [2.05, 4.69) is 35.7 Å². The Morgan fingerprint density at radius 3 is 2.68 bits per heavy atom. The number of nitrogen functional groups attached to an aromatic ring is 1. The molecule has 6 nitrogen and oxygen atoms in total. The lowest BCUT2D eigenvalue weighted by molar-refractivity contribution is 0.0999. The molecule has 104 valence electrons. The Morgan fingerprint density at radius 1 is 1.42 bits per heavy atom. The number of aromatic nitrogens is 1. The second kappa shape index (κ2) is 4.70. The van der Waals surface area contributed by atoms with Gasteiger partial charge in [0.05, 0.1) is 17.4 Å². The highest BCUT2D eigenvalue weighted by molar-refractivity contribution is 5.99. The molecule has 0 bridgehead atoms. The van der Waals surface area contributed by atoms with Gasteiger partial charge in [0.25, 0.3) is 5.91 Å². The van der Waals surface area contributed by atoms with Crippen molar-refractivity contribution in [1.82, 2.24) is 9.88 Å². The summed E-state index contributed by atoms with van der Waals surface area (Å²) in [5.41, 5.74) is 12.3. The van der Waals surface area contributed by atoms with Crippen LogP contribution < -0.4 is 16.4 Å². The molecule has 1 aromatic rings. The second-order valence-electron chi connectivity index (χ2n) is 5.65. The molecule has 0 spiro atoms. The molecule has 0 radical (unpaired) electrons. The van der Waals surface area contributed by atoms with Crippen LogP contribution in [0, 0.1) is 0 Å². The predicted octanol–water partition coefficient (Wildman–Crippen LogP) is 0.293. The molecule has 19 heavy (non-hydrogen) atoms. The van der Waals surface area contributed by atoms with Crippen LogP contribution in [0.5, 0.6) is 0 Å². The number of likely N-dealkylation sites (N-methyl/N-ethyl adjacent to an activating group) is 1. The third kappa shape index (κ3) is 2.63. The SMILES string of the molecule is CN1CCN(c2cnc(N)cc2C(N)=O)CC1(C)C. The van der Waals surface area contributed by atoms with Crippen LogP contribution in [-0.4, -0.2) is 48.0 Å². The summed E-state index contributed by atoms with van der Waals surface area (Å²) in [7, 11) is 2.10. The van der Waals surface area contributed by atoms with Gasteiger partial charge in [-0.15, -0.1) is 0 Å². The molecule has 4 N–H and O–H groups in total. The van der Waals surface area contributed by atoms with Crippen molar-refractivity contribution in [2.45, 2.75) is 19.4 Å². The third-order valence-electron chi connectivity index (χ3n) is 3.83. The second-order valence-corrected chi connectivity index (χ2v) is 5.65. The maximum atomic E-state index is 11.5. The van der Waals surface area contributed by atoms with Gasteiger partial charge in [0, 0.05) is 25.2 Å². The molecule has 6 heteroatoms. The molecule has 0 aliphatic carbocycles. The largest absolute Gasteiger partial charge is 0.384 e. The number of primary amides is 1. The number of nitrogens with two attached hydrogens (primary N) is 2. The Morgan fingerprint density at radius 2 is 2.11 bits per heavy atom.